The lowest BCUT2D eigenvalue weighted by molar-refractivity contribution is 1.11. The summed E-state index contributed by atoms with van der Waals surface area (Å²) in [5.41, 5.74) is 2.75. The van der Waals surface area contributed by atoms with Crippen LogP contribution in [0.4, 0.5) is 0 Å². The Bertz CT molecular complexity index is 462. The molecule has 1 aromatic carbocycles. The van der Waals surface area contributed by atoms with Crippen LogP contribution >= 0.6 is 0 Å². The van der Waals surface area contributed by atoms with Gasteiger partial charge in [-0.05, 0) is 24.6 Å². The van der Waals surface area contributed by atoms with E-state index in [1.54, 1.807) is 6.20 Å². The van der Waals surface area contributed by atoms with Crippen LogP contribution in [0.2, 0.25) is 0 Å². The van der Waals surface area contributed by atoms with Crippen molar-refractivity contribution < 1.29 is 0 Å². The molecule has 0 bridgehead atoms. The fraction of sp³-hybridized carbons (Fsp3) is 0.111. The fourth-order valence-electron chi connectivity index (χ4n) is 1.30. The summed E-state index contributed by atoms with van der Waals surface area (Å²) >= 11 is 0. The van der Waals surface area contributed by atoms with Gasteiger partial charge in [0, 0.05) is 5.39 Å². The molecule has 12 heavy (non-hydrogen) atoms. The molecule has 1 heterocycles. The summed E-state index contributed by atoms with van der Waals surface area (Å²) < 4.78 is 0. The van der Waals surface area contributed by atoms with E-state index in [2.05, 4.69) is 16.3 Å². The van der Waals surface area contributed by atoms with Crippen molar-refractivity contribution in [1.82, 2.24) is 10.2 Å². The first kappa shape index (κ1) is 6.86. The standard InChI is InChI=1S/C9H7N3/c1-6-2-7(4-10)3-8-5-11-12-9(6)8/h2-3,5H,1H3,(H,11,12). The molecule has 1 N–H and O–H groups in total. The molecule has 0 spiro atoms. The average molecular weight is 157 g/mol. The molecule has 0 amide bonds. The summed E-state index contributed by atoms with van der Waals surface area (Å²) in [6.07, 6.45) is 1.73. The number of nitrogens with zero attached hydrogens (tertiary/aromatic N) is 2. The molecule has 58 valence electrons. The molecule has 0 fully saturated rings. The van der Waals surface area contributed by atoms with Crippen LogP contribution in [0.1, 0.15) is 11.1 Å². The van der Waals surface area contributed by atoms with Gasteiger partial charge in [-0.25, -0.2) is 0 Å². The molecule has 2 aromatic rings. The Hall–Kier alpha value is -1.82. The first-order chi connectivity index (χ1) is 5.81. The van der Waals surface area contributed by atoms with Crippen molar-refractivity contribution >= 4 is 10.9 Å². The third kappa shape index (κ3) is 0.857. The predicted molar refractivity (Wildman–Crippen MR) is 45.5 cm³/mol. The zero-order valence-corrected chi connectivity index (χ0v) is 6.63. The first-order valence-corrected chi connectivity index (χ1v) is 3.65. The van der Waals surface area contributed by atoms with Crippen LogP contribution in [-0.4, -0.2) is 10.2 Å². The third-order valence-electron chi connectivity index (χ3n) is 1.88. The second-order valence-electron chi connectivity index (χ2n) is 2.74. The number of nitriles is 1. The second-order valence-corrected chi connectivity index (χ2v) is 2.74. The molecule has 0 saturated carbocycles. The Morgan fingerprint density at radius 3 is 3.08 bits per heavy atom. The molecule has 2 rings (SSSR count). The lowest BCUT2D eigenvalue weighted by atomic mass is 10.1. The van der Waals surface area contributed by atoms with E-state index in [0.29, 0.717) is 5.56 Å². The van der Waals surface area contributed by atoms with Crippen molar-refractivity contribution in [2.45, 2.75) is 6.92 Å². The number of nitrogens with one attached hydrogen (secondary N) is 1. The zero-order chi connectivity index (χ0) is 8.55. The summed E-state index contributed by atoms with van der Waals surface area (Å²) in [4.78, 5) is 0. The van der Waals surface area contributed by atoms with Crippen LogP contribution in [0.15, 0.2) is 18.3 Å². The highest BCUT2D eigenvalue weighted by molar-refractivity contribution is 5.82. The van der Waals surface area contributed by atoms with Crippen LogP contribution in [0, 0.1) is 18.3 Å². The number of fused-ring (bicyclic) bond motifs is 1. The van der Waals surface area contributed by atoms with Crippen molar-refractivity contribution in [2.24, 2.45) is 0 Å². The van der Waals surface area contributed by atoms with Crippen molar-refractivity contribution in [3.63, 3.8) is 0 Å². The van der Waals surface area contributed by atoms with Gasteiger partial charge in [-0.1, -0.05) is 0 Å². The van der Waals surface area contributed by atoms with Crippen molar-refractivity contribution in [2.75, 3.05) is 0 Å². The summed E-state index contributed by atoms with van der Waals surface area (Å²) in [7, 11) is 0. The third-order valence-corrected chi connectivity index (χ3v) is 1.88. The van der Waals surface area contributed by atoms with Gasteiger partial charge in [0.15, 0.2) is 0 Å². The highest BCUT2D eigenvalue weighted by Gasteiger charge is 2.00. The van der Waals surface area contributed by atoms with E-state index >= 15 is 0 Å². The second kappa shape index (κ2) is 2.35. The van der Waals surface area contributed by atoms with Gasteiger partial charge < -0.3 is 0 Å². The maximum absolute atomic E-state index is 8.68. The first-order valence-electron chi connectivity index (χ1n) is 3.65. The molecule has 1 aromatic heterocycles. The number of rotatable bonds is 0. The lowest BCUT2D eigenvalue weighted by Crippen LogP contribution is -1.79. The van der Waals surface area contributed by atoms with Crippen LogP contribution in [0.25, 0.3) is 10.9 Å². The number of hydrogen-bond acceptors (Lipinski definition) is 2. The van der Waals surface area contributed by atoms with Gasteiger partial charge in [0.2, 0.25) is 0 Å². The highest BCUT2D eigenvalue weighted by Crippen LogP contribution is 2.16. The molecule has 0 aliphatic rings. The molecule has 0 atom stereocenters. The minimum atomic E-state index is 0.682. The van der Waals surface area contributed by atoms with E-state index in [1.807, 2.05) is 19.1 Å². The maximum Gasteiger partial charge on any atom is 0.0991 e. The minimum absolute atomic E-state index is 0.682. The molecule has 0 aliphatic carbocycles. The molecule has 0 aliphatic heterocycles. The molecule has 0 radical (unpaired) electrons. The van der Waals surface area contributed by atoms with Gasteiger partial charge in [0.1, 0.15) is 0 Å². The Labute approximate surface area is 69.6 Å². The molecule has 0 unspecified atom stereocenters. The summed E-state index contributed by atoms with van der Waals surface area (Å²) in [6, 6.07) is 5.78. The SMILES string of the molecule is Cc1cc(C#N)cc2cn[nH]c12. The van der Waals surface area contributed by atoms with Gasteiger partial charge in [-0.15, -0.1) is 0 Å². The van der Waals surface area contributed by atoms with E-state index in [-0.39, 0.29) is 0 Å². The van der Waals surface area contributed by atoms with Gasteiger partial charge >= 0.3 is 0 Å². The summed E-state index contributed by atoms with van der Waals surface area (Å²) in [5.74, 6) is 0. The Morgan fingerprint density at radius 1 is 1.50 bits per heavy atom. The topological polar surface area (TPSA) is 52.5 Å². The Kier molecular flexibility index (Phi) is 1.34. The largest absolute Gasteiger partial charge is 0.278 e. The van der Waals surface area contributed by atoms with Crippen LogP contribution in [-0.2, 0) is 0 Å². The monoisotopic (exact) mass is 157 g/mol. The predicted octanol–water partition coefficient (Wildman–Crippen LogP) is 1.74. The van der Waals surface area contributed by atoms with Crippen LogP contribution < -0.4 is 0 Å². The smallest absolute Gasteiger partial charge is 0.0991 e. The quantitative estimate of drug-likeness (QED) is 0.633. The number of aromatic nitrogens is 2. The van der Waals surface area contributed by atoms with Crippen LogP contribution in [0.3, 0.4) is 0 Å². The van der Waals surface area contributed by atoms with Gasteiger partial charge in [0.05, 0.1) is 23.3 Å². The average Bonchev–Trinajstić information content (AvgIpc) is 2.52. The van der Waals surface area contributed by atoms with Gasteiger partial charge in [-0.2, -0.15) is 10.4 Å². The Balaban J connectivity index is 2.86. The molecular weight excluding hydrogens is 150 g/mol. The van der Waals surface area contributed by atoms with E-state index < -0.39 is 0 Å². The minimum Gasteiger partial charge on any atom is -0.278 e. The van der Waals surface area contributed by atoms with E-state index in [1.165, 1.54) is 0 Å². The lowest BCUT2D eigenvalue weighted by Gasteiger charge is -1.94. The molecule has 3 nitrogen and oxygen atoms in total. The number of H-pyrrole nitrogens is 1. The number of hydrogen-bond donors (Lipinski definition) is 1. The zero-order valence-electron chi connectivity index (χ0n) is 6.63. The van der Waals surface area contributed by atoms with Crippen molar-refractivity contribution in [3.8, 4) is 6.07 Å². The van der Waals surface area contributed by atoms with E-state index in [9.17, 15) is 0 Å². The number of benzene rings is 1. The molecular formula is C9H7N3. The van der Waals surface area contributed by atoms with E-state index in [0.717, 1.165) is 16.5 Å². The summed E-state index contributed by atoms with van der Waals surface area (Å²) in [6.45, 7) is 1.96. The summed E-state index contributed by atoms with van der Waals surface area (Å²) in [5, 5.41) is 16.5. The number of aryl methyl sites for hydroxylation is 1. The number of aromatic amines is 1. The van der Waals surface area contributed by atoms with Crippen molar-refractivity contribution in [3.05, 3.63) is 29.5 Å². The maximum atomic E-state index is 8.68. The normalized spacial score (nSPS) is 10.0. The highest BCUT2D eigenvalue weighted by atomic mass is 15.1. The Morgan fingerprint density at radius 2 is 2.33 bits per heavy atom. The van der Waals surface area contributed by atoms with Gasteiger partial charge in [-0.3, -0.25) is 5.10 Å². The molecule has 0 saturated heterocycles. The molecule has 3 heteroatoms. The van der Waals surface area contributed by atoms with E-state index in [4.69, 9.17) is 5.26 Å². The van der Waals surface area contributed by atoms with Crippen molar-refractivity contribution in [1.29, 1.82) is 5.26 Å². The van der Waals surface area contributed by atoms with Gasteiger partial charge in [0.25, 0.3) is 0 Å². The fourth-order valence-corrected chi connectivity index (χ4v) is 1.30. The van der Waals surface area contributed by atoms with Crippen LogP contribution in [0.5, 0.6) is 0 Å².